The van der Waals surface area contributed by atoms with Crippen LogP contribution in [0, 0.1) is 0 Å². The van der Waals surface area contributed by atoms with Crippen LogP contribution in [-0.4, -0.2) is 62.8 Å². The topological polar surface area (TPSA) is 151 Å². The van der Waals surface area contributed by atoms with E-state index in [1.165, 1.54) is 23.8 Å². The van der Waals surface area contributed by atoms with Crippen molar-refractivity contribution in [1.29, 1.82) is 0 Å². The summed E-state index contributed by atoms with van der Waals surface area (Å²) in [5, 5.41) is 18.9. The molecule has 36 heavy (non-hydrogen) atoms. The molecule has 3 aromatic heterocycles. The molecule has 0 radical (unpaired) electrons. The Labute approximate surface area is 213 Å². The van der Waals surface area contributed by atoms with Crippen molar-refractivity contribution < 1.29 is 28.9 Å². The van der Waals surface area contributed by atoms with Gasteiger partial charge in [0.1, 0.15) is 35.7 Å². The van der Waals surface area contributed by atoms with Crippen molar-refractivity contribution in [1.82, 2.24) is 15.2 Å². The van der Waals surface area contributed by atoms with Gasteiger partial charge in [0.05, 0.1) is 4.70 Å². The molecule has 0 aromatic carbocycles. The fraction of sp³-hybridized carbons (Fsp3) is 0.217. The van der Waals surface area contributed by atoms with Gasteiger partial charge in [-0.05, 0) is 23.6 Å². The lowest BCUT2D eigenvalue weighted by Crippen LogP contribution is -2.71. The molecule has 11 nitrogen and oxygen atoms in total. The van der Waals surface area contributed by atoms with Crippen molar-refractivity contribution in [3.63, 3.8) is 0 Å². The molecule has 2 aliphatic rings. The molecule has 3 aromatic rings. The molecule has 1 fully saturated rings. The number of carbonyl (C=O) groups is 3. The van der Waals surface area contributed by atoms with Gasteiger partial charge in [-0.1, -0.05) is 11.2 Å². The van der Waals surface area contributed by atoms with E-state index in [4.69, 9.17) is 10.6 Å². The van der Waals surface area contributed by atoms with E-state index in [9.17, 15) is 19.5 Å². The van der Waals surface area contributed by atoms with Crippen molar-refractivity contribution in [2.45, 2.75) is 18.0 Å². The fourth-order valence-corrected chi connectivity index (χ4v) is 6.32. The maximum Gasteiger partial charge on any atom is 0.352 e. The van der Waals surface area contributed by atoms with E-state index in [0.29, 0.717) is 17.9 Å². The molecule has 5 heterocycles. The number of fused-ring (bicyclic) bond motifs is 2. The van der Waals surface area contributed by atoms with Gasteiger partial charge in [-0.3, -0.25) is 14.5 Å². The molecule has 184 valence electrons. The van der Waals surface area contributed by atoms with Gasteiger partial charge < -0.3 is 21.0 Å². The lowest BCUT2D eigenvalue weighted by Gasteiger charge is -2.49. The summed E-state index contributed by atoms with van der Waals surface area (Å²) in [4.78, 5) is 48.3. The predicted molar refractivity (Wildman–Crippen MR) is 134 cm³/mol. The van der Waals surface area contributed by atoms with Crippen LogP contribution in [0.15, 0.2) is 64.5 Å². The van der Waals surface area contributed by atoms with Crippen molar-refractivity contribution in [3.8, 4) is 0 Å². The smallest absolute Gasteiger partial charge is 0.352 e. The quantitative estimate of drug-likeness (QED) is 0.179. The Hall–Kier alpha value is -3.97. The molecule has 0 spiro atoms. The summed E-state index contributed by atoms with van der Waals surface area (Å²) in [6, 6.07) is 7.79. The summed E-state index contributed by atoms with van der Waals surface area (Å²) in [6.45, 7) is 0.335. The van der Waals surface area contributed by atoms with Crippen LogP contribution < -0.4 is 15.6 Å². The normalized spacial score (nSPS) is 19.6. The van der Waals surface area contributed by atoms with Gasteiger partial charge in [-0.2, -0.15) is 4.57 Å². The second kappa shape index (κ2) is 9.59. The molecular weight excluding hydrogens is 504 g/mol. The monoisotopic (exact) mass is 525 g/mol. The SMILES string of the molecule is CON=C(C(=O)NC1C(=O)N2C(C(=O)O)=C(C[n+]3ccc4ccsc4c3)CS[C@H]12)c1cccc(N)n1. The van der Waals surface area contributed by atoms with Crippen molar-refractivity contribution in [3.05, 3.63) is 65.1 Å². The lowest BCUT2D eigenvalue weighted by atomic mass is 10.0. The van der Waals surface area contributed by atoms with Crippen LogP contribution in [0.4, 0.5) is 5.82 Å². The Morgan fingerprint density at radius 2 is 2.19 bits per heavy atom. The number of pyridine rings is 2. The maximum atomic E-state index is 13.0. The standard InChI is InChI=1S/C23H20N6O5S2/c1-34-27-17(14-3-2-4-16(24)25-14)20(30)26-18-21(31)29-19(23(32)33)13(11-36-22(18)29)9-28-7-5-12-6-8-35-15(12)10-28/h2-8,10,18,22H,9,11H2,1H3,(H3-,24,25,26,30,32,33)/p+1/t18?,22-/m1/s1. The van der Waals surface area contributed by atoms with Crippen LogP contribution >= 0.6 is 23.1 Å². The number of hydrogen-bond acceptors (Lipinski definition) is 9. The first-order valence-corrected chi connectivity index (χ1v) is 12.7. The summed E-state index contributed by atoms with van der Waals surface area (Å²) >= 11 is 3.00. The first-order chi connectivity index (χ1) is 17.4. The Kier molecular flexibility index (Phi) is 6.33. The number of anilines is 1. The number of amides is 2. The molecule has 0 saturated carbocycles. The number of nitrogens with one attached hydrogen (secondary N) is 1. The highest BCUT2D eigenvalue weighted by molar-refractivity contribution is 8.00. The van der Waals surface area contributed by atoms with Crippen LogP contribution in [0.25, 0.3) is 10.1 Å². The number of carboxylic acids is 1. The number of oxime groups is 1. The van der Waals surface area contributed by atoms with E-state index in [0.717, 1.165) is 10.1 Å². The number of nitrogens with zero attached hydrogens (tertiary/aromatic N) is 4. The van der Waals surface area contributed by atoms with Crippen LogP contribution in [0.3, 0.4) is 0 Å². The zero-order chi connectivity index (χ0) is 25.4. The molecule has 0 aliphatic carbocycles. The van der Waals surface area contributed by atoms with Gasteiger partial charge >= 0.3 is 5.97 Å². The molecule has 1 unspecified atom stereocenters. The number of carbonyl (C=O) groups excluding carboxylic acids is 2. The minimum Gasteiger partial charge on any atom is -0.477 e. The number of thioether (sulfide) groups is 1. The minimum absolute atomic E-state index is 0.0451. The third-order valence-corrected chi connectivity index (χ3v) is 7.98. The van der Waals surface area contributed by atoms with Gasteiger partial charge in [-0.15, -0.1) is 23.1 Å². The van der Waals surface area contributed by atoms with Crippen LogP contribution in [0.5, 0.6) is 0 Å². The van der Waals surface area contributed by atoms with E-state index < -0.39 is 29.2 Å². The number of rotatable bonds is 7. The highest BCUT2D eigenvalue weighted by atomic mass is 32.2. The van der Waals surface area contributed by atoms with Crippen LogP contribution in [-0.2, 0) is 25.8 Å². The third-order valence-electron chi connectivity index (χ3n) is 5.78. The molecule has 0 bridgehead atoms. The summed E-state index contributed by atoms with van der Waals surface area (Å²) < 4.78 is 3.00. The summed E-state index contributed by atoms with van der Waals surface area (Å²) in [6.07, 6.45) is 3.85. The summed E-state index contributed by atoms with van der Waals surface area (Å²) in [5.41, 5.74) is 6.32. The molecule has 2 aliphatic heterocycles. The fourth-order valence-electron chi connectivity index (χ4n) is 4.16. The Morgan fingerprint density at radius 1 is 1.36 bits per heavy atom. The van der Waals surface area contributed by atoms with Crippen LogP contribution in [0.1, 0.15) is 5.69 Å². The highest BCUT2D eigenvalue weighted by Crippen LogP contribution is 2.40. The molecule has 4 N–H and O–H groups in total. The predicted octanol–water partition coefficient (Wildman–Crippen LogP) is 0.955. The molecule has 2 atom stereocenters. The second-order valence-corrected chi connectivity index (χ2v) is 10.1. The number of nitrogen functional groups attached to an aromatic ring is 1. The Morgan fingerprint density at radius 3 is 2.94 bits per heavy atom. The average molecular weight is 526 g/mol. The number of carboxylic acid groups (broad SMARTS) is 1. The van der Waals surface area contributed by atoms with E-state index in [1.807, 2.05) is 34.5 Å². The largest absolute Gasteiger partial charge is 0.477 e. The van der Waals surface area contributed by atoms with Crippen molar-refractivity contribution >= 4 is 62.5 Å². The van der Waals surface area contributed by atoms with Gasteiger partial charge in [-0.25, -0.2) is 9.78 Å². The van der Waals surface area contributed by atoms with Crippen LogP contribution in [0.2, 0.25) is 0 Å². The Balaban J connectivity index is 1.36. The number of aliphatic carboxylic acids is 1. The first kappa shape index (κ1) is 23.8. The number of β-lactam (4-membered cyclic amide) rings is 1. The molecule has 13 heteroatoms. The zero-order valence-corrected chi connectivity index (χ0v) is 20.6. The van der Waals surface area contributed by atoms with Crippen molar-refractivity contribution in [2.24, 2.45) is 5.16 Å². The zero-order valence-electron chi connectivity index (χ0n) is 19.0. The van der Waals surface area contributed by atoms with Crippen molar-refractivity contribution in [2.75, 3.05) is 18.6 Å². The lowest BCUT2D eigenvalue weighted by molar-refractivity contribution is -0.687. The molecule has 2 amide bonds. The molecule has 5 rings (SSSR count). The van der Waals surface area contributed by atoms with Gasteiger partial charge in [0.15, 0.2) is 24.7 Å². The molecular formula is C23H21N6O5S2+. The number of thiophene rings is 1. The summed E-state index contributed by atoms with van der Waals surface area (Å²) in [7, 11) is 1.28. The minimum atomic E-state index is -1.18. The third kappa shape index (κ3) is 4.27. The number of hydrogen-bond donors (Lipinski definition) is 3. The van der Waals surface area contributed by atoms with E-state index >= 15 is 0 Å². The summed E-state index contributed by atoms with van der Waals surface area (Å²) in [5.74, 6) is -1.78. The molecule has 1 saturated heterocycles. The van der Waals surface area contributed by atoms with E-state index in [1.54, 1.807) is 29.5 Å². The second-order valence-electron chi connectivity index (χ2n) is 8.05. The number of nitrogens with two attached hydrogens (primary N) is 1. The van der Waals surface area contributed by atoms with E-state index in [2.05, 4.69) is 15.5 Å². The highest BCUT2D eigenvalue weighted by Gasteiger charge is 2.54. The maximum absolute atomic E-state index is 13.0. The Bertz CT molecular complexity index is 1450. The first-order valence-electron chi connectivity index (χ1n) is 10.8. The van der Waals surface area contributed by atoms with Gasteiger partial charge in [0, 0.05) is 22.8 Å². The van der Waals surface area contributed by atoms with Gasteiger partial charge in [0.25, 0.3) is 11.8 Å². The number of aromatic nitrogens is 2. The van der Waals surface area contributed by atoms with E-state index in [-0.39, 0.29) is 22.9 Å². The van der Waals surface area contributed by atoms with Gasteiger partial charge in [0.2, 0.25) is 0 Å². The average Bonchev–Trinajstić information content (AvgIpc) is 3.33.